The molecule has 2 aliphatic rings. The van der Waals surface area contributed by atoms with Crippen LogP contribution in [0.5, 0.6) is 0 Å². The minimum absolute atomic E-state index is 0.0635. The van der Waals surface area contributed by atoms with Crippen molar-refractivity contribution in [2.75, 3.05) is 20.6 Å². The minimum atomic E-state index is -0.640. The third-order valence-electron chi connectivity index (χ3n) is 4.90. The molecule has 0 amide bonds. The van der Waals surface area contributed by atoms with E-state index in [9.17, 15) is 9.18 Å². The van der Waals surface area contributed by atoms with Crippen LogP contribution in [0.1, 0.15) is 18.4 Å². The van der Waals surface area contributed by atoms with E-state index in [1.165, 1.54) is 6.07 Å². The van der Waals surface area contributed by atoms with Crippen LogP contribution in [-0.4, -0.2) is 36.9 Å². The standard InChI is InChI=1S/C16H19FNO/c1-18(2)10-9-16(11-12(18)7-8-15(16)19)13-5-3-4-6-14(13)17/h3-8,12H,9-11H2,1-2H3/q+1/t12-,16-/m1/s1. The molecule has 3 heteroatoms. The molecule has 100 valence electrons. The first-order valence-electron chi connectivity index (χ1n) is 6.76. The van der Waals surface area contributed by atoms with Crippen LogP contribution in [0.25, 0.3) is 0 Å². The van der Waals surface area contributed by atoms with Gasteiger partial charge in [0.1, 0.15) is 11.9 Å². The van der Waals surface area contributed by atoms with Gasteiger partial charge in [-0.15, -0.1) is 0 Å². The number of likely N-dealkylation sites (N-methyl/N-ethyl adjacent to an activating group) is 1. The number of rotatable bonds is 1. The summed E-state index contributed by atoms with van der Waals surface area (Å²) in [6, 6.07) is 7.03. The number of quaternary nitrogens is 1. The second-order valence-electron chi connectivity index (χ2n) is 6.31. The van der Waals surface area contributed by atoms with Gasteiger partial charge in [0.15, 0.2) is 5.78 Å². The molecule has 3 rings (SSSR count). The highest BCUT2D eigenvalue weighted by Crippen LogP contribution is 2.44. The van der Waals surface area contributed by atoms with E-state index in [1.54, 1.807) is 18.2 Å². The molecule has 0 unspecified atom stereocenters. The highest BCUT2D eigenvalue weighted by Gasteiger charge is 2.52. The van der Waals surface area contributed by atoms with Gasteiger partial charge in [0.25, 0.3) is 0 Å². The predicted octanol–water partition coefficient (Wildman–Crippen LogP) is 2.44. The summed E-state index contributed by atoms with van der Waals surface area (Å²) in [7, 11) is 4.35. The molecule has 0 saturated carbocycles. The lowest BCUT2D eigenvalue weighted by atomic mass is 9.64. The summed E-state index contributed by atoms with van der Waals surface area (Å²) >= 11 is 0. The van der Waals surface area contributed by atoms with Gasteiger partial charge in [0.05, 0.1) is 26.1 Å². The second kappa shape index (κ2) is 4.01. The summed E-state index contributed by atoms with van der Waals surface area (Å²) in [6.45, 7) is 0.898. The number of fused-ring (bicyclic) bond motifs is 2. The molecular formula is C16H19FNO+. The van der Waals surface area contributed by atoms with E-state index in [2.05, 4.69) is 14.1 Å². The maximum Gasteiger partial charge on any atom is 0.166 e. The largest absolute Gasteiger partial charge is 0.323 e. The van der Waals surface area contributed by atoms with Crippen molar-refractivity contribution in [3.63, 3.8) is 0 Å². The fraction of sp³-hybridized carbons (Fsp3) is 0.438. The van der Waals surface area contributed by atoms with Crippen molar-refractivity contribution >= 4 is 5.78 Å². The van der Waals surface area contributed by atoms with Crippen molar-refractivity contribution < 1.29 is 13.7 Å². The first kappa shape index (κ1) is 12.5. The Morgan fingerprint density at radius 3 is 2.79 bits per heavy atom. The Morgan fingerprint density at radius 1 is 1.32 bits per heavy atom. The zero-order chi connectivity index (χ0) is 13.7. The molecular weight excluding hydrogens is 241 g/mol. The van der Waals surface area contributed by atoms with Gasteiger partial charge >= 0.3 is 0 Å². The van der Waals surface area contributed by atoms with E-state index < -0.39 is 5.41 Å². The minimum Gasteiger partial charge on any atom is -0.323 e. The summed E-state index contributed by atoms with van der Waals surface area (Å²) < 4.78 is 15.0. The topological polar surface area (TPSA) is 17.1 Å². The number of ketones is 1. The van der Waals surface area contributed by atoms with Gasteiger partial charge in [-0.2, -0.15) is 0 Å². The fourth-order valence-electron chi connectivity index (χ4n) is 3.46. The van der Waals surface area contributed by atoms with Crippen LogP contribution >= 0.6 is 0 Å². The van der Waals surface area contributed by atoms with Crippen LogP contribution in [0.3, 0.4) is 0 Å². The summed E-state index contributed by atoms with van der Waals surface area (Å²) in [5.41, 5.74) is -0.0625. The molecule has 0 radical (unpaired) electrons. The molecule has 0 N–H and O–H groups in total. The fourth-order valence-corrected chi connectivity index (χ4v) is 3.46. The number of nitrogens with zero attached hydrogens (tertiary/aromatic N) is 1. The van der Waals surface area contributed by atoms with E-state index in [4.69, 9.17) is 0 Å². The van der Waals surface area contributed by atoms with Crippen LogP contribution in [0.2, 0.25) is 0 Å². The number of carbonyl (C=O) groups is 1. The number of allylic oxidation sites excluding steroid dienone is 1. The lowest BCUT2D eigenvalue weighted by molar-refractivity contribution is -0.914. The van der Waals surface area contributed by atoms with Crippen LogP contribution in [-0.2, 0) is 10.2 Å². The molecule has 1 saturated heterocycles. The van der Waals surface area contributed by atoms with E-state index in [1.807, 2.05) is 12.1 Å². The monoisotopic (exact) mass is 260 g/mol. The Hall–Kier alpha value is -1.48. The Balaban J connectivity index is 2.12. The quantitative estimate of drug-likeness (QED) is 0.709. The van der Waals surface area contributed by atoms with Gasteiger partial charge in [-0.1, -0.05) is 18.2 Å². The van der Waals surface area contributed by atoms with Crippen molar-refractivity contribution in [2.45, 2.75) is 24.3 Å². The molecule has 0 aromatic heterocycles. The summed E-state index contributed by atoms with van der Waals surface area (Å²) in [6.07, 6.45) is 5.11. The van der Waals surface area contributed by atoms with E-state index in [0.29, 0.717) is 11.6 Å². The molecule has 2 atom stereocenters. The van der Waals surface area contributed by atoms with Crippen LogP contribution in [0.4, 0.5) is 4.39 Å². The smallest absolute Gasteiger partial charge is 0.166 e. The third kappa shape index (κ3) is 1.76. The van der Waals surface area contributed by atoms with Crippen molar-refractivity contribution in [1.29, 1.82) is 0 Å². The van der Waals surface area contributed by atoms with Crippen molar-refractivity contribution in [2.24, 2.45) is 0 Å². The molecule has 2 bridgehead atoms. The molecule has 1 aliphatic carbocycles. The summed E-state index contributed by atoms with van der Waals surface area (Å²) in [4.78, 5) is 12.4. The average molecular weight is 260 g/mol. The van der Waals surface area contributed by atoms with E-state index in [0.717, 1.165) is 23.9 Å². The SMILES string of the molecule is C[N+]1(C)CC[C@]2(c3ccccc3F)C[C@H]1C=CC2=O. The maximum atomic E-state index is 14.1. The molecule has 1 aliphatic heterocycles. The van der Waals surface area contributed by atoms with E-state index in [-0.39, 0.29) is 11.6 Å². The molecule has 1 heterocycles. The molecule has 1 aromatic carbocycles. The average Bonchev–Trinajstić information content (AvgIpc) is 2.38. The van der Waals surface area contributed by atoms with Crippen LogP contribution < -0.4 is 0 Å². The molecule has 19 heavy (non-hydrogen) atoms. The van der Waals surface area contributed by atoms with Crippen LogP contribution in [0.15, 0.2) is 36.4 Å². The van der Waals surface area contributed by atoms with E-state index >= 15 is 0 Å². The Morgan fingerprint density at radius 2 is 2.05 bits per heavy atom. The number of benzene rings is 1. The third-order valence-corrected chi connectivity index (χ3v) is 4.90. The Bertz CT molecular complexity index is 564. The van der Waals surface area contributed by atoms with Gasteiger partial charge in [0.2, 0.25) is 0 Å². The van der Waals surface area contributed by atoms with Crippen LogP contribution in [0, 0.1) is 5.82 Å². The zero-order valence-corrected chi connectivity index (χ0v) is 11.4. The first-order chi connectivity index (χ1) is 8.96. The lowest BCUT2D eigenvalue weighted by Crippen LogP contribution is -2.60. The van der Waals surface area contributed by atoms with Crippen molar-refractivity contribution in [3.8, 4) is 0 Å². The summed E-state index contributed by atoms with van der Waals surface area (Å²) in [5, 5.41) is 0. The van der Waals surface area contributed by atoms with Gasteiger partial charge in [-0.25, -0.2) is 4.39 Å². The number of piperidine rings is 1. The molecule has 2 nitrogen and oxygen atoms in total. The number of hydrogen-bond acceptors (Lipinski definition) is 1. The van der Waals surface area contributed by atoms with Gasteiger partial charge in [-0.3, -0.25) is 4.79 Å². The highest BCUT2D eigenvalue weighted by atomic mass is 19.1. The highest BCUT2D eigenvalue weighted by molar-refractivity contribution is 6.00. The number of hydrogen-bond donors (Lipinski definition) is 0. The molecule has 1 fully saturated rings. The molecule has 0 spiro atoms. The Kier molecular flexibility index (Phi) is 2.65. The Labute approximate surface area is 113 Å². The summed E-state index contributed by atoms with van der Waals surface area (Å²) in [5.74, 6) is -0.189. The number of halogens is 1. The van der Waals surface area contributed by atoms with Gasteiger partial charge < -0.3 is 4.48 Å². The van der Waals surface area contributed by atoms with Gasteiger partial charge in [0, 0.05) is 18.4 Å². The zero-order valence-electron chi connectivity index (χ0n) is 11.4. The predicted molar refractivity (Wildman–Crippen MR) is 72.2 cm³/mol. The second-order valence-corrected chi connectivity index (χ2v) is 6.31. The van der Waals surface area contributed by atoms with Gasteiger partial charge in [-0.05, 0) is 18.2 Å². The maximum absolute atomic E-state index is 14.1. The van der Waals surface area contributed by atoms with Crippen molar-refractivity contribution in [1.82, 2.24) is 0 Å². The van der Waals surface area contributed by atoms with Crippen molar-refractivity contribution in [3.05, 3.63) is 47.8 Å². The lowest BCUT2D eigenvalue weighted by Gasteiger charge is -2.50. The number of likely N-dealkylation sites (tertiary alicyclic amines) is 1. The first-order valence-corrected chi connectivity index (χ1v) is 6.76. The number of carbonyl (C=O) groups excluding carboxylic acids is 1. The normalized spacial score (nSPS) is 32.4. The molecule has 1 aromatic rings.